The summed E-state index contributed by atoms with van der Waals surface area (Å²) in [5.74, 6) is 0. The average molecular weight is 353 g/mol. The van der Waals surface area contributed by atoms with Crippen molar-refractivity contribution in [1.82, 2.24) is 9.97 Å². The van der Waals surface area contributed by atoms with Gasteiger partial charge in [-0.3, -0.25) is 0 Å². The van der Waals surface area contributed by atoms with E-state index in [9.17, 15) is 0 Å². The van der Waals surface area contributed by atoms with Crippen LogP contribution in [0, 0.1) is 0 Å². The molecular weight excluding hydrogens is 332 g/mol. The van der Waals surface area contributed by atoms with Crippen LogP contribution in [0.4, 0.5) is 0 Å². The molecule has 0 aliphatic carbocycles. The number of nitrogens with zero attached hydrogens (tertiary/aromatic N) is 2. The summed E-state index contributed by atoms with van der Waals surface area (Å²) in [5, 5.41) is 2.12. The van der Waals surface area contributed by atoms with Crippen molar-refractivity contribution in [1.29, 1.82) is 0 Å². The number of rotatable bonds is 4. The lowest BCUT2D eigenvalue weighted by atomic mass is 10.2. The van der Waals surface area contributed by atoms with Gasteiger partial charge in [0.15, 0.2) is 0 Å². The SMILES string of the molecule is C/C=C\C(=C/C)c1nc2cc3sc(C(/C=C\C)=C/C)nc3cc2s1. The molecule has 3 rings (SSSR count). The number of benzene rings is 1. The Kier molecular flexibility index (Phi) is 5.07. The van der Waals surface area contributed by atoms with Gasteiger partial charge >= 0.3 is 0 Å². The van der Waals surface area contributed by atoms with Crippen molar-refractivity contribution in [2.24, 2.45) is 0 Å². The van der Waals surface area contributed by atoms with E-state index in [-0.39, 0.29) is 0 Å². The lowest BCUT2D eigenvalue weighted by Crippen LogP contribution is -1.77. The molecule has 0 radical (unpaired) electrons. The fraction of sp³-hybridized carbons (Fsp3) is 0.200. The Bertz CT molecular complexity index is 869. The van der Waals surface area contributed by atoms with Crippen LogP contribution in [0.3, 0.4) is 0 Å². The molecule has 0 amide bonds. The largest absolute Gasteiger partial charge is 0.236 e. The van der Waals surface area contributed by atoms with E-state index in [0.717, 1.165) is 21.0 Å². The molecule has 0 bridgehead atoms. The lowest BCUT2D eigenvalue weighted by molar-refractivity contribution is 1.43. The zero-order valence-corrected chi connectivity index (χ0v) is 16.0. The molecule has 0 saturated heterocycles. The molecule has 2 aromatic heterocycles. The molecule has 2 nitrogen and oxygen atoms in total. The van der Waals surface area contributed by atoms with E-state index >= 15 is 0 Å². The maximum Gasteiger partial charge on any atom is 0.124 e. The zero-order chi connectivity index (χ0) is 17.1. The van der Waals surface area contributed by atoms with E-state index < -0.39 is 0 Å². The zero-order valence-electron chi connectivity index (χ0n) is 14.3. The highest BCUT2D eigenvalue weighted by atomic mass is 32.1. The predicted octanol–water partition coefficient (Wildman–Crippen LogP) is 6.86. The second-order valence-electron chi connectivity index (χ2n) is 5.31. The summed E-state index contributed by atoms with van der Waals surface area (Å²) in [7, 11) is 0. The summed E-state index contributed by atoms with van der Waals surface area (Å²) in [4.78, 5) is 9.63. The summed E-state index contributed by atoms with van der Waals surface area (Å²) in [5.41, 5.74) is 4.43. The van der Waals surface area contributed by atoms with Crippen molar-refractivity contribution >= 4 is 54.3 Å². The number of allylic oxidation sites excluding steroid dienone is 8. The Labute approximate surface area is 150 Å². The molecule has 24 heavy (non-hydrogen) atoms. The summed E-state index contributed by atoms with van der Waals surface area (Å²) in [6.45, 7) is 8.16. The third kappa shape index (κ3) is 3.12. The number of aromatic nitrogens is 2. The average Bonchev–Trinajstić information content (AvgIpc) is 3.17. The highest BCUT2D eigenvalue weighted by Gasteiger charge is 2.11. The van der Waals surface area contributed by atoms with Gasteiger partial charge in [-0.2, -0.15) is 0 Å². The van der Waals surface area contributed by atoms with Crippen LogP contribution in [-0.2, 0) is 0 Å². The second-order valence-corrected chi connectivity index (χ2v) is 7.38. The van der Waals surface area contributed by atoms with Crippen LogP contribution in [0.25, 0.3) is 31.6 Å². The monoisotopic (exact) mass is 352 g/mol. The Morgan fingerprint density at radius 1 is 0.750 bits per heavy atom. The molecule has 1 aromatic carbocycles. The van der Waals surface area contributed by atoms with Gasteiger partial charge in [-0.15, -0.1) is 22.7 Å². The van der Waals surface area contributed by atoms with Crippen LogP contribution in [0.5, 0.6) is 0 Å². The van der Waals surface area contributed by atoms with Gasteiger partial charge in [0.2, 0.25) is 0 Å². The minimum Gasteiger partial charge on any atom is -0.236 e. The van der Waals surface area contributed by atoms with Crippen LogP contribution in [0.1, 0.15) is 37.7 Å². The smallest absolute Gasteiger partial charge is 0.124 e. The third-order valence-electron chi connectivity index (χ3n) is 3.71. The van der Waals surface area contributed by atoms with Crippen molar-refractivity contribution in [3.63, 3.8) is 0 Å². The van der Waals surface area contributed by atoms with E-state index in [2.05, 4.69) is 36.4 Å². The third-order valence-corrected chi connectivity index (χ3v) is 5.84. The molecule has 0 saturated carbocycles. The van der Waals surface area contributed by atoms with E-state index in [1.807, 2.05) is 39.8 Å². The summed E-state index contributed by atoms with van der Waals surface area (Å²) < 4.78 is 2.37. The molecule has 0 unspecified atom stereocenters. The highest BCUT2D eigenvalue weighted by molar-refractivity contribution is 7.21. The van der Waals surface area contributed by atoms with Crippen LogP contribution in [0.15, 0.2) is 48.6 Å². The lowest BCUT2D eigenvalue weighted by Gasteiger charge is -1.93. The van der Waals surface area contributed by atoms with Crippen molar-refractivity contribution in [2.45, 2.75) is 27.7 Å². The number of fused-ring (bicyclic) bond motifs is 2. The van der Waals surface area contributed by atoms with Gasteiger partial charge in [-0.25, -0.2) is 9.97 Å². The standard InChI is InChI=1S/C20H20N2S2/c1-5-9-13(7-3)19-21-15-11-18-16(12-17(15)23-19)22-20(24-18)14(8-4)10-6-2/h5-12H,1-4H3/b9-5-,10-6-,13-7+,14-8+. The molecule has 122 valence electrons. The van der Waals surface area contributed by atoms with Gasteiger partial charge in [0.25, 0.3) is 0 Å². The molecular formula is C20H20N2S2. The van der Waals surface area contributed by atoms with Crippen molar-refractivity contribution < 1.29 is 0 Å². The van der Waals surface area contributed by atoms with Gasteiger partial charge in [0.1, 0.15) is 10.0 Å². The van der Waals surface area contributed by atoms with Gasteiger partial charge in [-0.1, -0.05) is 36.5 Å². The Balaban J connectivity index is 2.11. The van der Waals surface area contributed by atoms with E-state index in [0.29, 0.717) is 0 Å². The number of thiazole rings is 2. The minimum atomic E-state index is 1.05. The fourth-order valence-corrected chi connectivity index (χ4v) is 4.61. The molecule has 0 fully saturated rings. The van der Waals surface area contributed by atoms with E-state index in [4.69, 9.17) is 9.97 Å². The van der Waals surface area contributed by atoms with E-state index in [1.165, 1.54) is 20.5 Å². The van der Waals surface area contributed by atoms with Gasteiger partial charge in [-0.05, 0) is 39.8 Å². The first-order chi connectivity index (χ1) is 11.7. The molecule has 0 N–H and O–H groups in total. The maximum absolute atomic E-state index is 4.81. The Morgan fingerprint density at radius 2 is 1.17 bits per heavy atom. The first-order valence-electron chi connectivity index (χ1n) is 8.00. The highest BCUT2D eigenvalue weighted by Crippen LogP contribution is 2.34. The molecule has 0 aliphatic rings. The van der Waals surface area contributed by atoms with Crippen LogP contribution in [0.2, 0.25) is 0 Å². The minimum absolute atomic E-state index is 1.05. The molecule has 4 heteroatoms. The quantitative estimate of drug-likeness (QED) is 0.479. The van der Waals surface area contributed by atoms with Crippen LogP contribution in [-0.4, -0.2) is 9.97 Å². The Hall–Kier alpha value is -2.04. The predicted molar refractivity (Wildman–Crippen MR) is 110 cm³/mol. The molecule has 3 aromatic rings. The topological polar surface area (TPSA) is 25.8 Å². The summed E-state index contributed by atoms with van der Waals surface area (Å²) in [6, 6.07) is 4.33. The van der Waals surface area contributed by atoms with Gasteiger partial charge < -0.3 is 0 Å². The molecule has 0 aliphatic heterocycles. The van der Waals surface area contributed by atoms with Crippen molar-refractivity contribution in [2.75, 3.05) is 0 Å². The Morgan fingerprint density at radius 3 is 1.50 bits per heavy atom. The van der Waals surface area contributed by atoms with Crippen molar-refractivity contribution in [3.8, 4) is 0 Å². The number of hydrogen-bond acceptors (Lipinski definition) is 4. The van der Waals surface area contributed by atoms with Gasteiger partial charge in [0.05, 0.1) is 20.4 Å². The molecule has 2 heterocycles. The molecule has 0 spiro atoms. The van der Waals surface area contributed by atoms with Crippen LogP contribution >= 0.6 is 22.7 Å². The number of hydrogen-bond donors (Lipinski definition) is 0. The molecule has 0 atom stereocenters. The summed E-state index contributed by atoms with van der Waals surface area (Å²) in [6.07, 6.45) is 12.5. The first kappa shape index (κ1) is 16.8. The van der Waals surface area contributed by atoms with Gasteiger partial charge in [0, 0.05) is 11.1 Å². The second kappa shape index (κ2) is 7.24. The van der Waals surface area contributed by atoms with Crippen LogP contribution < -0.4 is 0 Å². The summed E-state index contributed by atoms with van der Waals surface area (Å²) >= 11 is 3.45. The van der Waals surface area contributed by atoms with E-state index in [1.54, 1.807) is 22.7 Å². The first-order valence-corrected chi connectivity index (χ1v) is 9.63. The maximum atomic E-state index is 4.81. The van der Waals surface area contributed by atoms with Crippen molar-refractivity contribution in [3.05, 3.63) is 58.6 Å². The normalized spacial score (nSPS) is 14.0. The fourth-order valence-electron chi connectivity index (χ4n) is 2.54.